The van der Waals surface area contributed by atoms with Crippen LogP contribution < -0.4 is 9.47 Å². The Labute approximate surface area is 84.6 Å². The van der Waals surface area contributed by atoms with Crippen molar-refractivity contribution in [1.29, 1.82) is 0 Å². The maximum absolute atomic E-state index is 5.88. The molecule has 0 radical (unpaired) electrons. The molecule has 1 aromatic carbocycles. The van der Waals surface area contributed by atoms with Crippen LogP contribution in [0.2, 0.25) is 5.02 Å². The van der Waals surface area contributed by atoms with Crippen LogP contribution in [0.1, 0.15) is 0 Å². The molecule has 0 heterocycles. The van der Waals surface area contributed by atoms with Gasteiger partial charge in [-0.3, -0.25) is 0 Å². The van der Waals surface area contributed by atoms with Gasteiger partial charge in [-0.2, -0.15) is 0 Å². The highest BCUT2D eigenvalue weighted by atomic mass is 79.9. The molecule has 0 atom stereocenters. The lowest BCUT2D eigenvalue weighted by Crippen LogP contribution is -1.88. The van der Waals surface area contributed by atoms with Gasteiger partial charge in [0.15, 0.2) is 5.75 Å². The van der Waals surface area contributed by atoms with Crippen molar-refractivity contribution in [2.24, 2.45) is 0 Å². The first-order valence-electron chi connectivity index (χ1n) is 3.26. The molecule has 0 spiro atoms. The molecule has 0 N–H and O–H groups in total. The normalized spacial score (nSPS) is 9.67. The van der Waals surface area contributed by atoms with Crippen LogP contribution in [0, 0.1) is 0 Å². The topological polar surface area (TPSA) is 18.5 Å². The lowest BCUT2D eigenvalue weighted by molar-refractivity contribution is 0.401. The maximum Gasteiger partial charge on any atom is 0.151 e. The van der Waals surface area contributed by atoms with Crippen molar-refractivity contribution in [3.05, 3.63) is 21.6 Å². The fourth-order valence-corrected chi connectivity index (χ4v) is 1.85. The lowest BCUT2D eigenvalue weighted by atomic mass is 10.3. The Balaban J connectivity index is 3.18. The monoisotopic (exact) mass is 250 g/mol. The van der Waals surface area contributed by atoms with E-state index in [2.05, 4.69) is 15.9 Å². The number of hydrogen-bond donors (Lipinski definition) is 0. The van der Waals surface area contributed by atoms with Gasteiger partial charge in [-0.15, -0.1) is 0 Å². The van der Waals surface area contributed by atoms with Gasteiger partial charge < -0.3 is 9.47 Å². The summed E-state index contributed by atoms with van der Waals surface area (Å²) in [5.41, 5.74) is 0. The summed E-state index contributed by atoms with van der Waals surface area (Å²) >= 11 is 9.19. The van der Waals surface area contributed by atoms with Gasteiger partial charge in [-0.25, -0.2) is 0 Å². The van der Waals surface area contributed by atoms with Crippen molar-refractivity contribution in [2.75, 3.05) is 14.2 Å². The quantitative estimate of drug-likeness (QED) is 0.804. The molecular formula is C8H8BrClO2. The molecule has 0 aliphatic carbocycles. The van der Waals surface area contributed by atoms with Crippen molar-refractivity contribution in [2.45, 2.75) is 0 Å². The molecule has 0 saturated carbocycles. The zero-order valence-electron chi connectivity index (χ0n) is 6.73. The largest absolute Gasteiger partial charge is 0.497 e. The van der Waals surface area contributed by atoms with Gasteiger partial charge in [-0.1, -0.05) is 11.6 Å². The first kappa shape index (κ1) is 9.68. The van der Waals surface area contributed by atoms with Gasteiger partial charge in [0.1, 0.15) is 5.75 Å². The average molecular weight is 252 g/mol. The van der Waals surface area contributed by atoms with E-state index >= 15 is 0 Å². The van der Waals surface area contributed by atoms with E-state index in [0.717, 1.165) is 4.47 Å². The maximum atomic E-state index is 5.88. The molecule has 0 unspecified atom stereocenters. The first-order valence-corrected chi connectivity index (χ1v) is 4.43. The minimum Gasteiger partial charge on any atom is -0.497 e. The summed E-state index contributed by atoms with van der Waals surface area (Å²) in [6, 6.07) is 3.50. The van der Waals surface area contributed by atoms with E-state index in [1.54, 1.807) is 26.4 Å². The molecule has 0 amide bonds. The van der Waals surface area contributed by atoms with Crippen molar-refractivity contribution < 1.29 is 9.47 Å². The molecule has 1 rings (SSSR count). The summed E-state index contributed by atoms with van der Waals surface area (Å²) in [7, 11) is 3.16. The number of rotatable bonds is 2. The minimum atomic E-state index is 0.531. The lowest BCUT2D eigenvalue weighted by Gasteiger charge is -2.07. The Morgan fingerprint density at radius 1 is 1.25 bits per heavy atom. The number of hydrogen-bond acceptors (Lipinski definition) is 2. The second-order valence-corrected chi connectivity index (χ2v) is 3.39. The molecule has 66 valence electrons. The summed E-state index contributed by atoms with van der Waals surface area (Å²) in [6.07, 6.45) is 0. The zero-order chi connectivity index (χ0) is 9.14. The number of benzene rings is 1. The van der Waals surface area contributed by atoms with E-state index < -0.39 is 0 Å². The highest BCUT2D eigenvalue weighted by Gasteiger charge is 2.07. The van der Waals surface area contributed by atoms with Gasteiger partial charge in [0.2, 0.25) is 0 Å². The summed E-state index contributed by atoms with van der Waals surface area (Å²) in [4.78, 5) is 0. The van der Waals surface area contributed by atoms with Crippen LogP contribution in [0.5, 0.6) is 11.5 Å². The smallest absolute Gasteiger partial charge is 0.151 e. The van der Waals surface area contributed by atoms with Crippen LogP contribution in [-0.4, -0.2) is 14.2 Å². The zero-order valence-corrected chi connectivity index (χ0v) is 9.07. The van der Waals surface area contributed by atoms with Crippen molar-refractivity contribution in [3.63, 3.8) is 0 Å². The molecule has 0 aromatic heterocycles. The Hall–Kier alpha value is -0.410. The summed E-state index contributed by atoms with van der Waals surface area (Å²) in [5.74, 6) is 1.32. The minimum absolute atomic E-state index is 0.531. The first-order chi connectivity index (χ1) is 5.69. The molecule has 0 aliphatic rings. The molecule has 2 nitrogen and oxygen atoms in total. The Kier molecular flexibility index (Phi) is 3.23. The summed E-state index contributed by atoms with van der Waals surface area (Å²) < 4.78 is 10.8. The van der Waals surface area contributed by atoms with Crippen LogP contribution in [0.4, 0.5) is 0 Å². The molecule has 12 heavy (non-hydrogen) atoms. The summed E-state index contributed by atoms with van der Waals surface area (Å²) in [6.45, 7) is 0. The van der Waals surface area contributed by atoms with E-state index in [-0.39, 0.29) is 0 Å². The Bertz CT molecular complexity index is 265. The third-order valence-corrected chi connectivity index (χ3v) is 2.28. The Morgan fingerprint density at radius 3 is 2.33 bits per heavy atom. The number of methoxy groups -OCH3 is 2. The van der Waals surface area contributed by atoms with Crippen LogP contribution in [0.25, 0.3) is 0 Å². The van der Waals surface area contributed by atoms with Crippen LogP contribution in [-0.2, 0) is 0 Å². The molecule has 1 aromatic rings. The van der Waals surface area contributed by atoms with Gasteiger partial charge in [0.05, 0.1) is 23.7 Å². The second kappa shape index (κ2) is 4.01. The summed E-state index contributed by atoms with van der Waals surface area (Å²) in [5, 5.41) is 0.531. The molecule has 0 fully saturated rings. The highest BCUT2D eigenvalue weighted by Crippen LogP contribution is 2.36. The van der Waals surface area contributed by atoms with E-state index in [1.165, 1.54) is 0 Å². The van der Waals surface area contributed by atoms with E-state index in [0.29, 0.717) is 16.5 Å². The van der Waals surface area contributed by atoms with Gasteiger partial charge in [0, 0.05) is 6.07 Å². The van der Waals surface area contributed by atoms with E-state index in [4.69, 9.17) is 21.1 Å². The standard InChI is InChI=1S/C8H8BrClO2/c1-11-5-3-6(9)8(12-2)7(10)4-5/h3-4H,1-2H3. The third-order valence-electron chi connectivity index (χ3n) is 1.41. The molecule has 0 saturated heterocycles. The fraction of sp³-hybridized carbons (Fsp3) is 0.250. The average Bonchev–Trinajstić information content (AvgIpc) is 2.03. The number of ether oxygens (including phenoxy) is 2. The molecule has 0 aliphatic heterocycles. The van der Waals surface area contributed by atoms with Crippen LogP contribution in [0.15, 0.2) is 16.6 Å². The predicted octanol–water partition coefficient (Wildman–Crippen LogP) is 3.12. The fourth-order valence-electron chi connectivity index (χ4n) is 0.849. The van der Waals surface area contributed by atoms with Crippen LogP contribution in [0.3, 0.4) is 0 Å². The SMILES string of the molecule is COc1cc(Cl)c(OC)c(Br)c1. The highest BCUT2D eigenvalue weighted by molar-refractivity contribution is 9.10. The van der Waals surface area contributed by atoms with Crippen molar-refractivity contribution in [1.82, 2.24) is 0 Å². The van der Waals surface area contributed by atoms with Crippen LogP contribution >= 0.6 is 27.5 Å². The predicted molar refractivity (Wildman–Crippen MR) is 52.3 cm³/mol. The molecular weight excluding hydrogens is 243 g/mol. The molecule has 0 bridgehead atoms. The van der Waals surface area contributed by atoms with Gasteiger partial charge in [-0.05, 0) is 22.0 Å². The number of halogens is 2. The van der Waals surface area contributed by atoms with Crippen molar-refractivity contribution in [3.8, 4) is 11.5 Å². The third kappa shape index (κ3) is 1.84. The van der Waals surface area contributed by atoms with Gasteiger partial charge >= 0.3 is 0 Å². The van der Waals surface area contributed by atoms with E-state index in [9.17, 15) is 0 Å². The van der Waals surface area contributed by atoms with Crippen molar-refractivity contribution >= 4 is 27.5 Å². The second-order valence-electron chi connectivity index (χ2n) is 2.12. The van der Waals surface area contributed by atoms with E-state index in [1.807, 2.05) is 0 Å². The Morgan fingerprint density at radius 2 is 1.92 bits per heavy atom. The van der Waals surface area contributed by atoms with Gasteiger partial charge in [0.25, 0.3) is 0 Å². The molecule has 4 heteroatoms.